The van der Waals surface area contributed by atoms with Gasteiger partial charge >= 0.3 is 13.5 Å². The second-order valence-electron chi connectivity index (χ2n) is 8.54. The SMILES string of the molecule is CCCn1c(=O)c2[nH]c(C3CC4CCC(C3)C4OP(=O)(O)O)nc2n(CCC)c1=O. The van der Waals surface area contributed by atoms with Crippen LogP contribution in [0.2, 0.25) is 0 Å². The van der Waals surface area contributed by atoms with E-state index < -0.39 is 13.9 Å². The third-order valence-corrected chi connectivity index (χ3v) is 6.95. The molecule has 2 bridgehead atoms. The molecule has 166 valence electrons. The summed E-state index contributed by atoms with van der Waals surface area (Å²) in [6.45, 7) is 4.74. The number of phosphoric ester groups is 1. The van der Waals surface area contributed by atoms with Crippen LogP contribution in [0.3, 0.4) is 0 Å². The van der Waals surface area contributed by atoms with Crippen molar-refractivity contribution in [3.05, 3.63) is 26.7 Å². The van der Waals surface area contributed by atoms with Crippen molar-refractivity contribution in [2.75, 3.05) is 0 Å². The Bertz CT molecular complexity index is 1080. The molecule has 30 heavy (non-hydrogen) atoms. The third kappa shape index (κ3) is 3.82. The lowest BCUT2D eigenvalue weighted by Gasteiger charge is -2.34. The number of aryl methyl sites for hydroxylation is 1. The van der Waals surface area contributed by atoms with Gasteiger partial charge in [0.1, 0.15) is 11.3 Å². The summed E-state index contributed by atoms with van der Waals surface area (Å²) >= 11 is 0. The number of nitrogens with zero attached hydrogens (tertiary/aromatic N) is 3. The van der Waals surface area contributed by atoms with Crippen molar-refractivity contribution in [2.24, 2.45) is 11.8 Å². The normalized spacial score (nSPS) is 26.5. The molecule has 0 saturated heterocycles. The molecule has 0 aliphatic heterocycles. The first-order valence-corrected chi connectivity index (χ1v) is 12.2. The summed E-state index contributed by atoms with van der Waals surface area (Å²) in [7, 11) is -4.53. The summed E-state index contributed by atoms with van der Waals surface area (Å²) in [6.07, 6.45) is 4.07. The zero-order valence-corrected chi connectivity index (χ0v) is 18.2. The number of aromatic amines is 1. The fourth-order valence-corrected chi connectivity index (χ4v) is 5.91. The third-order valence-electron chi connectivity index (χ3n) is 6.43. The Labute approximate surface area is 173 Å². The zero-order chi connectivity index (χ0) is 21.6. The molecular weight excluding hydrogens is 411 g/mol. The molecule has 0 radical (unpaired) electrons. The number of nitrogens with one attached hydrogen (secondary N) is 1. The van der Waals surface area contributed by atoms with Crippen molar-refractivity contribution in [2.45, 2.75) is 77.5 Å². The molecule has 3 N–H and O–H groups in total. The molecular formula is C19H29N4O6P. The maximum absolute atomic E-state index is 12.9. The van der Waals surface area contributed by atoms with Crippen LogP contribution in [0.5, 0.6) is 0 Å². The monoisotopic (exact) mass is 440 g/mol. The van der Waals surface area contributed by atoms with Crippen LogP contribution in [0, 0.1) is 11.8 Å². The largest absolute Gasteiger partial charge is 0.469 e. The maximum Gasteiger partial charge on any atom is 0.469 e. The summed E-state index contributed by atoms with van der Waals surface area (Å²) in [5, 5.41) is 0. The van der Waals surface area contributed by atoms with E-state index in [0.29, 0.717) is 49.3 Å². The van der Waals surface area contributed by atoms with Crippen LogP contribution in [-0.4, -0.2) is 35.0 Å². The number of aromatic nitrogens is 4. The molecule has 2 fully saturated rings. The van der Waals surface area contributed by atoms with Crippen LogP contribution in [0.1, 0.15) is 64.1 Å². The van der Waals surface area contributed by atoms with E-state index in [1.54, 1.807) is 4.57 Å². The van der Waals surface area contributed by atoms with Gasteiger partial charge in [-0.25, -0.2) is 14.3 Å². The fourth-order valence-electron chi connectivity index (χ4n) is 5.25. The maximum atomic E-state index is 12.9. The van der Waals surface area contributed by atoms with Crippen molar-refractivity contribution >= 4 is 19.0 Å². The molecule has 2 aliphatic carbocycles. The van der Waals surface area contributed by atoms with Crippen molar-refractivity contribution in [3.8, 4) is 0 Å². The van der Waals surface area contributed by atoms with E-state index in [2.05, 4.69) is 9.97 Å². The van der Waals surface area contributed by atoms with E-state index >= 15 is 0 Å². The molecule has 4 rings (SSSR count). The Kier molecular flexibility index (Phi) is 5.78. The first kappa shape index (κ1) is 21.5. The van der Waals surface area contributed by atoms with Gasteiger partial charge in [-0.2, -0.15) is 0 Å². The molecule has 2 aromatic heterocycles. The highest BCUT2D eigenvalue weighted by molar-refractivity contribution is 7.46. The van der Waals surface area contributed by atoms with Gasteiger partial charge in [0.05, 0.1) is 6.10 Å². The zero-order valence-electron chi connectivity index (χ0n) is 17.3. The highest BCUT2D eigenvalue weighted by Crippen LogP contribution is 2.53. The number of hydrogen-bond acceptors (Lipinski definition) is 5. The number of rotatable bonds is 7. The smallest absolute Gasteiger partial charge is 0.336 e. The lowest BCUT2D eigenvalue weighted by Crippen LogP contribution is -2.40. The highest BCUT2D eigenvalue weighted by atomic mass is 31.2. The minimum Gasteiger partial charge on any atom is -0.336 e. The predicted octanol–water partition coefficient (Wildman–Crippen LogP) is 2.09. The Morgan fingerprint density at radius 1 is 1.10 bits per heavy atom. The van der Waals surface area contributed by atoms with Gasteiger partial charge in [-0.05, 0) is 50.4 Å². The summed E-state index contributed by atoms with van der Waals surface area (Å²) in [5.74, 6) is 0.802. The lowest BCUT2D eigenvalue weighted by atomic mass is 9.78. The summed E-state index contributed by atoms with van der Waals surface area (Å²) in [4.78, 5) is 52.1. The molecule has 11 heteroatoms. The standard InChI is InChI=1S/C19H29N4O6P/c1-3-7-22-17-14(18(24)23(8-4-2)19(22)25)20-16(21-17)13-9-11-5-6-12(10-13)15(11)29-30(26,27)28/h11-13,15H,3-10H2,1-2H3,(H,20,21)(H2,26,27,28). The Balaban J connectivity index is 1.71. The van der Waals surface area contributed by atoms with E-state index in [9.17, 15) is 23.9 Å². The molecule has 2 heterocycles. The van der Waals surface area contributed by atoms with Crippen LogP contribution < -0.4 is 11.2 Å². The highest BCUT2D eigenvalue weighted by Gasteiger charge is 2.47. The quantitative estimate of drug-likeness (QED) is 0.560. The van der Waals surface area contributed by atoms with Crippen molar-refractivity contribution in [3.63, 3.8) is 0 Å². The molecule has 2 aliphatic rings. The average Bonchev–Trinajstić information content (AvgIpc) is 3.19. The summed E-state index contributed by atoms with van der Waals surface area (Å²) < 4.78 is 19.2. The van der Waals surface area contributed by atoms with Crippen LogP contribution in [0.15, 0.2) is 9.59 Å². The number of hydrogen-bond donors (Lipinski definition) is 3. The van der Waals surface area contributed by atoms with Crippen molar-refractivity contribution in [1.29, 1.82) is 0 Å². The molecule has 10 nitrogen and oxygen atoms in total. The van der Waals surface area contributed by atoms with Gasteiger partial charge in [0.2, 0.25) is 0 Å². The van der Waals surface area contributed by atoms with E-state index in [-0.39, 0.29) is 29.0 Å². The van der Waals surface area contributed by atoms with Gasteiger partial charge in [0.25, 0.3) is 5.56 Å². The first-order chi connectivity index (χ1) is 14.2. The average molecular weight is 440 g/mol. The molecule has 2 aromatic rings. The minimum absolute atomic E-state index is 0.0377. The Morgan fingerprint density at radius 3 is 2.27 bits per heavy atom. The molecule has 0 spiro atoms. The molecule has 2 unspecified atom stereocenters. The second-order valence-corrected chi connectivity index (χ2v) is 9.73. The first-order valence-electron chi connectivity index (χ1n) is 10.7. The van der Waals surface area contributed by atoms with Gasteiger partial charge in [0, 0.05) is 19.0 Å². The number of H-pyrrole nitrogens is 1. The van der Waals surface area contributed by atoms with Gasteiger partial charge in [0.15, 0.2) is 5.65 Å². The van der Waals surface area contributed by atoms with Crippen LogP contribution in [0.25, 0.3) is 11.2 Å². The predicted molar refractivity (Wildman–Crippen MR) is 110 cm³/mol. The second kappa shape index (κ2) is 8.07. The number of phosphoric acid groups is 1. The molecule has 0 aromatic carbocycles. The number of imidazole rings is 1. The fraction of sp³-hybridized carbons (Fsp3) is 0.737. The van der Waals surface area contributed by atoms with Crippen LogP contribution >= 0.6 is 7.82 Å². The molecule has 0 amide bonds. The van der Waals surface area contributed by atoms with E-state index in [0.717, 1.165) is 19.3 Å². The molecule has 2 atom stereocenters. The van der Waals surface area contributed by atoms with Crippen molar-refractivity contribution < 1.29 is 18.9 Å². The van der Waals surface area contributed by atoms with Crippen molar-refractivity contribution in [1.82, 2.24) is 19.1 Å². The summed E-state index contributed by atoms with van der Waals surface area (Å²) in [5.41, 5.74) is 0.0834. The minimum atomic E-state index is -4.53. The van der Waals surface area contributed by atoms with Crippen LogP contribution in [0.4, 0.5) is 0 Å². The Morgan fingerprint density at radius 2 is 1.70 bits per heavy atom. The van der Waals surface area contributed by atoms with E-state index in [1.807, 2.05) is 13.8 Å². The van der Waals surface area contributed by atoms with Gasteiger partial charge < -0.3 is 14.8 Å². The van der Waals surface area contributed by atoms with Gasteiger partial charge in [-0.3, -0.25) is 18.5 Å². The summed E-state index contributed by atoms with van der Waals surface area (Å²) in [6, 6.07) is 0. The van der Waals surface area contributed by atoms with Crippen LogP contribution in [-0.2, 0) is 22.2 Å². The topological polar surface area (TPSA) is 139 Å². The van der Waals surface area contributed by atoms with Gasteiger partial charge in [-0.15, -0.1) is 0 Å². The van der Waals surface area contributed by atoms with Gasteiger partial charge in [-0.1, -0.05) is 13.8 Å². The molecule has 2 saturated carbocycles. The van der Waals surface area contributed by atoms with E-state index in [1.165, 1.54) is 4.57 Å². The Hall–Kier alpha value is -1.74. The lowest BCUT2D eigenvalue weighted by molar-refractivity contribution is 0.0435. The van der Waals surface area contributed by atoms with E-state index in [4.69, 9.17) is 4.52 Å². The number of fused-ring (bicyclic) bond motifs is 3.